The van der Waals surface area contributed by atoms with E-state index in [0.717, 1.165) is 28.1 Å². The summed E-state index contributed by atoms with van der Waals surface area (Å²) in [7, 11) is 0. The van der Waals surface area contributed by atoms with E-state index in [1.165, 1.54) is 0 Å². The van der Waals surface area contributed by atoms with E-state index in [-0.39, 0.29) is 5.82 Å². The van der Waals surface area contributed by atoms with Crippen molar-refractivity contribution in [2.45, 2.75) is 6.92 Å². The van der Waals surface area contributed by atoms with Crippen LogP contribution < -0.4 is 5.32 Å². The Labute approximate surface area is 159 Å². The fourth-order valence-electron chi connectivity index (χ4n) is 3.02. The average molecular weight is 369 g/mol. The summed E-state index contributed by atoms with van der Waals surface area (Å²) in [4.78, 5) is 28.8. The van der Waals surface area contributed by atoms with Crippen molar-refractivity contribution in [1.82, 2.24) is 29.5 Å². The van der Waals surface area contributed by atoms with Gasteiger partial charge in [0.25, 0.3) is 11.7 Å². The second-order valence-electron chi connectivity index (χ2n) is 6.37. The molecule has 5 aromatic rings. The summed E-state index contributed by atoms with van der Waals surface area (Å²) in [6, 6.07) is 17.1. The van der Waals surface area contributed by atoms with E-state index < -0.39 is 5.91 Å². The van der Waals surface area contributed by atoms with Crippen LogP contribution in [-0.2, 0) is 0 Å². The van der Waals surface area contributed by atoms with E-state index in [2.05, 4.69) is 30.4 Å². The Morgan fingerprint density at radius 1 is 1.07 bits per heavy atom. The van der Waals surface area contributed by atoms with E-state index in [1.807, 2.05) is 55.5 Å². The molecule has 2 aromatic carbocycles. The summed E-state index contributed by atoms with van der Waals surface area (Å²) in [5.74, 6) is 0.798. The highest BCUT2D eigenvalue weighted by molar-refractivity contribution is 6.02. The van der Waals surface area contributed by atoms with Gasteiger partial charge in [-0.2, -0.15) is 4.98 Å². The molecule has 0 saturated heterocycles. The molecule has 0 unspecified atom stereocenters. The van der Waals surface area contributed by atoms with Crippen LogP contribution in [0.5, 0.6) is 0 Å². The highest BCUT2D eigenvalue weighted by Gasteiger charge is 2.15. The molecule has 0 fully saturated rings. The number of imidazole rings is 1. The number of benzene rings is 2. The van der Waals surface area contributed by atoms with Crippen LogP contribution in [0.4, 0.5) is 5.69 Å². The number of aromatic nitrogens is 6. The average Bonchev–Trinajstić information content (AvgIpc) is 3.33. The zero-order valence-electron chi connectivity index (χ0n) is 14.9. The highest BCUT2D eigenvalue weighted by Crippen LogP contribution is 2.23. The summed E-state index contributed by atoms with van der Waals surface area (Å²) < 4.78 is 1.54. The number of aromatic amines is 1. The van der Waals surface area contributed by atoms with Crippen LogP contribution in [0.2, 0.25) is 0 Å². The monoisotopic (exact) mass is 369 g/mol. The number of carbonyl (C=O) groups excluding carboxylic acids is 1. The minimum absolute atomic E-state index is 0.0657. The predicted octanol–water partition coefficient (Wildman–Crippen LogP) is 3.23. The number of hydrogen-bond donors (Lipinski definition) is 2. The lowest BCUT2D eigenvalue weighted by Gasteiger charge is -2.04. The molecule has 0 spiro atoms. The number of anilines is 1. The highest BCUT2D eigenvalue weighted by atomic mass is 16.2. The fraction of sp³-hybridized carbons (Fsp3) is 0.0500. The molecule has 136 valence electrons. The maximum atomic E-state index is 12.6. The van der Waals surface area contributed by atoms with Gasteiger partial charge in [0.15, 0.2) is 0 Å². The normalized spacial score (nSPS) is 11.2. The predicted molar refractivity (Wildman–Crippen MR) is 105 cm³/mol. The topological polar surface area (TPSA) is 101 Å². The lowest BCUT2D eigenvalue weighted by molar-refractivity contribution is 0.101. The Morgan fingerprint density at radius 3 is 2.82 bits per heavy atom. The number of fused-ring (bicyclic) bond motifs is 2. The van der Waals surface area contributed by atoms with E-state index in [0.29, 0.717) is 11.5 Å². The third-order valence-electron chi connectivity index (χ3n) is 4.42. The van der Waals surface area contributed by atoms with Crippen LogP contribution in [-0.4, -0.2) is 35.5 Å². The maximum absolute atomic E-state index is 12.6. The summed E-state index contributed by atoms with van der Waals surface area (Å²) in [6.07, 6.45) is 1.64. The van der Waals surface area contributed by atoms with Crippen LogP contribution >= 0.6 is 0 Å². The third kappa shape index (κ3) is 2.77. The molecule has 0 atom stereocenters. The largest absolute Gasteiger partial charge is 0.338 e. The first-order valence-electron chi connectivity index (χ1n) is 8.72. The zero-order chi connectivity index (χ0) is 19.1. The minimum Gasteiger partial charge on any atom is -0.338 e. The summed E-state index contributed by atoms with van der Waals surface area (Å²) >= 11 is 0. The molecule has 0 aliphatic carbocycles. The molecule has 3 aromatic heterocycles. The Kier molecular flexibility index (Phi) is 3.61. The number of H-pyrrole nitrogens is 1. The lowest BCUT2D eigenvalue weighted by atomic mass is 10.2. The van der Waals surface area contributed by atoms with Gasteiger partial charge in [0, 0.05) is 23.1 Å². The van der Waals surface area contributed by atoms with Gasteiger partial charge in [0.05, 0.1) is 11.0 Å². The molecule has 0 aliphatic heterocycles. The molecule has 0 aliphatic rings. The summed E-state index contributed by atoms with van der Waals surface area (Å²) in [5.41, 5.74) is 4.21. The number of nitrogens with zero attached hydrogens (tertiary/aromatic N) is 5. The lowest BCUT2D eigenvalue weighted by Crippen LogP contribution is -2.14. The van der Waals surface area contributed by atoms with E-state index >= 15 is 0 Å². The molecule has 0 bridgehead atoms. The van der Waals surface area contributed by atoms with E-state index in [4.69, 9.17) is 0 Å². The molecule has 3 heterocycles. The number of para-hydroxylation sites is 2. The summed E-state index contributed by atoms with van der Waals surface area (Å²) in [5, 5.41) is 7.07. The van der Waals surface area contributed by atoms with Crippen molar-refractivity contribution >= 4 is 28.4 Å². The molecule has 0 saturated carbocycles. The molecule has 8 nitrogen and oxygen atoms in total. The molecule has 2 N–H and O–H groups in total. The van der Waals surface area contributed by atoms with Gasteiger partial charge in [-0.15, -0.1) is 5.10 Å². The van der Waals surface area contributed by atoms with Crippen LogP contribution in [0.1, 0.15) is 16.3 Å². The number of carbonyl (C=O) groups is 1. The first-order chi connectivity index (χ1) is 13.7. The van der Waals surface area contributed by atoms with Crippen molar-refractivity contribution in [3.05, 3.63) is 72.3 Å². The molecule has 5 rings (SSSR count). The number of amides is 1. The second kappa shape index (κ2) is 6.27. The molecular weight excluding hydrogens is 354 g/mol. The molecular formula is C20H15N7O. The van der Waals surface area contributed by atoms with Crippen LogP contribution in [0.25, 0.3) is 28.2 Å². The standard InChI is InChI=1S/C20H15N7O/c1-12-9-10-21-20-25-18(26-27(12)20)19(28)22-14-6-4-5-13(11-14)17-23-15-7-2-3-8-16(15)24-17/h2-11H,1H3,(H,22,28)(H,23,24). The number of nitrogens with one attached hydrogen (secondary N) is 2. The molecule has 0 radical (unpaired) electrons. The van der Waals surface area contributed by atoms with Crippen molar-refractivity contribution in [1.29, 1.82) is 0 Å². The van der Waals surface area contributed by atoms with Crippen LogP contribution in [0, 0.1) is 6.92 Å². The third-order valence-corrected chi connectivity index (χ3v) is 4.42. The Morgan fingerprint density at radius 2 is 1.96 bits per heavy atom. The number of rotatable bonds is 3. The Hall–Kier alpha value is -4.07. The van der Waals surface area contributed by atoms with Crippen molar-refractivity contribution in [2.75, 3.05) is 5.32 Å². The van der Waals surface area contributed by atoms with Crippen LogP contribution in [0.15, 0.2) is 60.8 Å². The van der Waals surface area contributed by atoms with Gasteiger partial charge in [-0.3, -0.25) is 4.79 Å². The van der Waals surface area contributed by atoms with E-state index in [1.54, 1.807) is 16.8 Å². The van der Waals surface area contributed by atoms with Crippen molar-refractivity contribution < 1.29 is 4.79 Å². The molecule has 28 heavy (non-hydrogen) atoms. The van der Waals surface area contributed by atoms with Crippen molar-refractivity contribution in [3.8, 4) is 11.4 Å². The van der Waals surface area contributed by atoms with Crippen LogP contribution in [0.3, 0.4) is 0 Å². The smallest absolute Gasteiger partial charge is 0.295 e. The number of aryl methyl sites for hydroxylation is 1. The SMILES string of the molecule is Cc1ccnc2nc(C(=O)Nc3cccc(-c4nc5ccccc5[nH]4)c3)nn12. The van der Waals surface area contributed by atoms with Gasteiger partial charge >= 0.3 is 0 Å². The van der Waals surface area contributed by atoms with Gasteiger partial charge < -0.3 is 10.3 Å². The Bertz CT molecular complexity index is 1300. The van der Waals surface area contributed by atoms with Gasteiger partial charge in [0.1, 0.15) is 5.82 Å². The van der Waals surface area contributed by atoms with Gasteiger partial charge in [-0.05, 0) is 37.3 Å². The molecule has 8 heteroatoms. The first kappa shape index (κ1) is 16.1. The first-order valence-corrected chi connectivity index (χ1v) is 8.72. The Balaban J connectivity index is 1.44. The minimum atomic E-state index is -0.397. The second-order valence-corrected chi connectivity index (χ2v) is 6.37. The van der Waals surface area contributed by atoms with Crippen molar-refractivity contribution in [3.63, 3.8) is 0 Å². The van der Waals surface area contributed by atoms with Gasteiger partial charge in [0.2, 0.25) is 5.82 Å². The van der Waals surface area contributed by atoms with Gasteiger partial charge in [-0.1, -0.05) is 24.3 Å². The summed E-state index contributed by atoms with van der Waals surface area (Å²) in [6.45, 7) is 1.88. The van der Waals surface area contributed by atoms with Crippen molar-refractivity contribution in [2.24, 2.45) is 0 Å². The zero-order valence-corrected chi connectivity index (χ0v) is 14.9. The van der Waals surface area contributed by atoms with Gasteiger partial charge in [-0.25, -0.2) is 14.5 Å². The quantitative estimate of drug-likeness (QED) is 0.508. The van der Waals surface area contributed by atoms with E-state index in [9.17, 15) is 4.79 Å². The fourth-order valence-corrected chi connectivity index (χ4v) is 3.02. The maximum Gasteiger partial charge on any atom is 0.295 e. The number of hydrogen-bond acceptors (Lipinski definition) is 5. The molecule has 1 amide bonds.